The summed E-state index contributed by atoms with van der Waals surface area (Å²) in [4.78, 5) is 12.3. The first-order chi connectivity index (χ1) is 10.2. The number of hydrogen-bond acceptors (Lipinski definition) is 2. The Morgan fingerprint density at radius 2 is 1.90 bits per heavy atom. The minimum Gasteiger partial charge on any atom is -0.339 e. The lowest BCUT2D eigenvalue weighted by molar-refractivity contribution is 0.101. The molecule has 1 amide bonds. The van der Waals surface area contributed by atoms with Gasteiger partial charge in [-0.3, -0.25) is 9.48 Å². The van der Waals surface area contributed by atoms with Gasteiger partial charge in [-0.2, -0.15) is 5.10 Å². The summed E-state index contributed by atoms with van der Waals surface area (Å²) in [5.74, 6) is 0.393. The van der Waals surface area contributed by atoms with Crippen molar-refractivity contribution in [2.24, 2.45) is 7.05 Å². The van der Waals surface area contributed by atoms with E-state index in [9.17, 15) is 4.79 Å². The molecule has 0 aliphatic rings. The van der Waals surface area contributed by atoms with Gasteiger partial charge < -0.3 is 9.88 Å². The number of aryl methyl sites for hydroxylation is 1. The molecule has 0 bridgehead atoms. The molecule has 21 heavy (non-hydrogen) atoms. The van der Waals surface area contributed by atoms with Gasteiger partial charge >= 0.3 is 0 Å². The average molecular weight is 280 g/mol. The van der Waals surface area contributed by atoms with Gasteiger partial charge in [0.05, 0.1) is 0 Å². The summed E-state index contributed by atoms with van der Waals surface area (Å²) in [6.07, 6.45) is 3.69. The van der Waals surface area contributed by atoms with Crippen LogP contribution in [0.2, 0.25) is 0 Å². The highest BCUT2D eigenvalue weighted by molar-refractivity contribution is 6.02. The molecule has 3 aromatic rings. The molecule has 5 heteroatoms. The van der Waals surface area contributed by atoms with Gasteiger partial charge in [-0.15, -0.1) is 0 Å². The fraction of sp³-hybridized carbons (Fsp3) is 0.125. The Balaban J connectivity index is 1.77. The minimum atomic E-state index is -0.158. The van der Waals surface area contributed by atoms with Crippen LogP contribution in [0.5, 0.6) is 0 Å². The normalized spacial score (nSPS) is 10.5. The minimum absolute atomic E-state index is 0.158. The Labute approximate surface area is 122 Å². The molecule has 0 saturated carbocycles. The first-order valence-corrected chi connectivity index (χ1v) is 6.72. The number of amides is 1. The molecule has 0 unspecified atom stereocenters. The monoisotopic (exact) mass is 280 g/mol. The van der Waals surface area contributed by atoms with Crippen LogP contribution in [0, 0.1) is 0 Å². The molecule has 0 radical (unpaired) electrons. The van der Waals surface area contributed by atoms with Gasteiger partial charge in [0.25, 0.3) is 5.91 Å². The van der Waals surface area contributed by atoms with Crippen molar-refractivity contribution in [3.8, 4) is 0 Å². The third kappa shape index (κ3) is 3.02. The molecular formula is C16H16N4O. The standard InChI is InChI=1S/C16H16N4O/c1-19-11-9-15(18-19)17-16(21)14-8-5-10-20(14)12-13-6-3-2-4-7-13/h2-11H,12H2,1H3,(H,17,18,21). The highest BCUT2D eigenvalue weighted by atomic mass is 16.2. The molecule has 5 nitrogen and oxygen atoms in total. The van der Waals surface area contributed by atoms with E-state index in [1.807, 2.05) is 54.2 Å². The molecule has 0 spiro atoms. The molecule has 106 valence electrons. The van der Waals surface area contributed by atoms with Crippen LogP contribution in [0.4, 0.5) is 5.82 Å². The van der Waals surface area contributed by atoms with Gasteiger partial charge in [-0.25, -0.2) is 0 Å². The van der Waals surface area contributed by atoms with Crippen molar-refractivity contribution in [2.45, 2.75) is 6.54 Å². The largest absolute Gasteiger partial charge is 0.339 e. The van der Waals surface area contributed by atoms with Crippen LogP contribution in [0.15, 0.2) is 60.9 Å². The van der Waals surface area contributed by atoms with Crippen molar-refractivity contribution in [1.29, 1.82) is 0 Å². The van der Waals surface area contributed by atoms with Crippen molar-refractivity contribution >= 4 is 11.7 Å². The summed E-state index contributed by atoms with van der Waals surface area (Å²) >= 11 is 0. The summed E-state index contributed by atoms with van der Waals surface area (Å²) < 4.78 is 3.58. The predicted octanol–water partition coefficient (Wildman–Crippen LogP) is 2.52. The van der Waals surface area contributed by atoms with Crippen molar-refractivity contribution in [1.82, 2.24) is 14.3 Å². The fourth-order valence-electron chi connectivity index (χ4n) is 2.20. The highest BCUT2D eigenvalue weighted by Gasteiger charge is 2.12. The smallest absolute Gasteiger partial charge is 0.273 e. The second kappa shape index (κ2) is 5.66. The Morgan fingerprint density at radius 1 is 1.10 bits per heavy atom. The van der Waals surface area contributed by atoms with E-state index in [4.69, 9.17) is 0 Å². The van der Waals surface area contributed by atoms with Crippen LogP contribution in [-0.2, 0) is 13.6 Å². The van der Waals surface area contributed by atoms with E-state index in [-0.39, 0.29) is 5.91 Å². The Morgan fingerprint density at radius 3 is 2.62 bits per heavy atom. The zero-order valence-corrected chi connectivity index (χ0v) is 11.7. The number of nitrogens with zero attached hydrogens (tertiary/aromatic N) is 3. The first-order valence-electron chi connectivity index (χ1n) is 6.72. The quantitative estimate of drug-likeness (QED) is 0.798. The number of benzene rings is 1. The van der Waals surface area contributed by atoms with Gasteiger partial charge in [-0.1, -0.05) is 30.3 Å². The van der Waals surface area contributed by atoms with Crippen molar-refractivity contribution in [3.05, 3.63) is 72.2 Å². The molecule has 0 saturated heterocycles. The lowest BCUT2D eigenvalue weighted by Gasteiger charge is -2.09. The van der Waals surface area contributed by atoms with Gasteiger partial charge in [-0.05, 0) is 17.7 Å². The van der Waals surface area contributed by atoms with E-state index in [1.54, 1.807) is 23.0 Å². The number of nitrogens with one attached hydrogen (secondary N) is 1. The summed E-state index contributed by atoms with van der Waals surface area (Å²) in [6.45, 7) is 0.665. The molecule has 0 aliphatic carbocycles. The zero-order valence-electron chi connectivity index (χ0n) is 11.7. The topological polar surface area (TPSA) is 51.9 Å². The van der Waals surface area contributed by atoms with E-state index >= 15 is 0 Å². The van der Waals surface area contributed by atoms with Crippen molar-refractivity contribution in [2.75, 3.05) is 5.32 Å². The number of hydrogen-bond donors (Lipinski definition) is 1. The third-order valence-corrected chi connectivity index (χ3v) is 3.21. The SMILES string of the molecule is Cn1ccc(NC(=O)c2cccn2Cc2ccccc2)n1. The van der Waals surface area contributed by atoms with Crippen LogP contribution in [-0.4, -0.2) is 20.3 Å². The second-order valence-electron chi connectivity index (χ2n) is 4.84. The molecule has 2 aromatic heterocycles. The predicted molar refractivity (Wildman–Crippen MR) is 81.1 cm³/mol. The number of carbonyl (C=O) groups is 1. The second-order valence-corrected chi connectivity index (χ2v) is 4.84. The van der Waals surface area contributed by atoms with Crippen LogP contribution < -0.4 is 5.32 Å². The molecular weight excluding hydrogens is 264 g/mol. The van der Waals surface area contributed by atoms with Crippen molar-refractivity contribution in [3.63, 3.8) is 0 Å². The fourth-order valence-corrected chi connectivity index (χ4v) is 2.20. The molecule has 1 aromatic carbocycles. The van der Waals surface area contributed by atoms with E-state index in [1.165, 1.54) is 0 Å². The molecule has 0 fully saturated rings. The maximum Gasteiger partial charge on any atom is 0.273 e. The van der Waals surface area contributed by atoms with E-state index in [2.05, 4.69) is 10.4 Å². The van der Waals surface area contributed by atoms with Gasteiger partial charge in [0.2, 0.25) is 0 Å². The van der Waals surface area contributed by atoms with Crippen LogP contribution in [0.25, 0.3) is 0 Å². The molecule has 3 rings (SSSR count). The van der Waals surface area contributed by atoms with Crippen LogP contribution >= 0.6 is 0 Å². The maximum absolute atomic E-state index is 12.3. The van der Waals surface area contributed by atoms with Crippen LogP contribution in [0.3, 0.4) is 0 Å². The maximum atomic E-state index is 12.3. The van der Waals surface area contributed by atoms with Crippen molar-refractivity contribution < 1.29 is 4.79 Å². The van der Waals surface area contributed by atoms with Gasteiger partial charge in [0.1, 0.15) is 5.69 Å². The van der Waals surface area contributed by atoms with Gasteiger partial charge in [0.15, 0.2) is 5.82 Å². The van der Waals surface area contributed by atoms with E-state index in [0.717, 1.165) is 5.56 Å². The van der Waals surface area contributed by atoms with Gasteiger partial charge in [0, 0.05) is 32.1 Å². The Hall–Kier alpha value is -2.82. The molecule has 0 aliphatic heterocycles. The third-order valence-electron chi connectivity index (χ3n) is 3.21. The highest BCUT2D eigenvalue weighted by Crippen LogP contribution is 2.10. The average Bonchev–Trinajstić information content (AvgIpc) is 3.09. The van der Waals surface area contributed by atoms with Crippen LogP contribution in [0.1, 0.15) is 16.1 Å². The molecule has 2 heterocycles. The zero-order chi connectivity index (χ0) is 14.7. The Bertz CT molecular complexity index is 742. The molecule has 0 atom stereocenters. The number of aromatic nitrogens is 3. The summed E-state index contributed by atoms with van der Waals surface area (Å²) in [5.41, 5.74) is 1.77. The lowest BCUT2D eigenvalue weighted by Crippen LogP contribution is -2.17. The molecule has 1 N–H and O–H groups in total. The summed E-state index contributed by atoms with van der Waals surface area (Å²) in [5, 5.41) is 6.95. The summed E-state index contributed by atoms with van der Waals surface area (Å²) in [7, 11) is 1.81. The first kappa shape index (κ1) is 13.2. The van der Waals surface area contributed by atoms with E-state index in [0.29, 0.717) is 18.1 Å². The summed E-state index contributed by atoms with van der Waals surface area (Å²) in [6, 6.07) is 15.5. The number of carbonyl (C=O) groups excluding carboxylic acids is 1. The number of anilines is 1. The van der Waals surface area contributed by atoms with E-state index < -0.39 is 0 Å². The Kier molecular flexibility index (Phi) is 3.55. The number of rotatable bonds is 4. The lowest BCUT2D eigenvalue weighted by atomic mass is 10.2.